The monoisotopic (exact) mass is 459 g/mol. The van der Waals surface area contributed by atoms with Crippen molar-refractivity contribution in [3.63, 3.8) is 0 Å². The fourth-order valence-electron chi connectivity index (χ4n) is 3.81. The fraction of sp³-hybridized carbons (Fsp3) is 0.577. The van der Waals surface area contributed by atoms with Crippen LogP contribution in [-0.2, 0) is 23.9 Å². The highest BCUT2D eigenvalue weighted by Gasteiger charge is 2.36. The Hall–Kier alpha value is -2.67. The summed E-state index contributed by atoms with van der Waals surface area (Å²) in [5.41, 5.74) is 0.607. The molecule has 0 radical (unpaired) electrons. The lowest BCUT2D eigenvalue weighted by Gasteiger charge is -2.19. The Labute approximate surface area is 196 Å². The first-order valence-electron chi connectivity index (χ1n) is 12.1. The van der Waals surface area contributed by atoms with Crippen LogP contribution in [-0.4, -0.2) is 35.8 Å². The van der Waals surface area contributed by atoms with E-state index in [-0.39, 0.29) is 12.0 Å². The molecule has 33 heavy (non-hydrogen) atoms. The van der Waals surface area contributed by atoms with Crippen molar-refractivity contribution in [2.75, 3.05) is 11.9 Å². The molecule has 7 nitrogen and oxygen atoms in total. The van der Waals surface area contributed by atoms with E-state index in [1.807, 2.05) is 6.07 Å². The molecule has 0 aliphatic carbocycles. The number of cyclic esters (lactones) is 1. The maximum atomic E-state index is 12.8. The molecule has 182 valence electrons. The number of unbranched alkanes of at least 4 members (excludes halogenated alkanes) is 9. The Kier molecular flexibility index (Phi) is 12.3. The second kappa shape index (κ2) is 15.2. The van der Waals surface area contributed by atoms with Gasteiger partial charge in [-0.25, -0.2) is 4.79 Å². The topological polar surface area (TPSA) is 102 Å². The van der Waals surface area contributed by atoms with E-state index in [0.717, 1.165) is 25.3 Å². The molecule has 0 saturated heterocycles. The Balaban J connectivity index is 1.74. The maximum absolute atomic E-state index is 12.8. The quantitative estimate of drug-likeness (QED) is 0.269. The van der Waals surface area contributed by atoms with E-state index in [1.165, 1.54) is 44.9 Å². The summed E-state index contributed by atoms with van der Waals surface area (Å²) in [7, 11) is 0. The summed E-state index contributed by atoms with van der Waals surface area (Å²) in [6.07, 6.45) is 11.1. The van der Waals surface area contributed by atoms with Crippen LogP contribution in [0.1, 0.15) is 77.6 Å². The minimum absolute atomic E-state index is 0.0596. The van der Waals surface area contributed by atoms with Crippen molar-refractivity contribution >= 4 is 23.5 Å². The normalized spacial score (nSPS) is 16.1. The highest BCUT2D eigenvalue weighted by Crippen LogP contribution is 2.27. The fourth-order valence-corrected chi connectivity index (χ4v) is 3.81. The maximum Gasteiger partial charge on any atom is 0.333 e. The number of carbonyl (C=O) groups is 3. The molecule has 1 aliphatic rings. The third-order valence-electron chi connectivity index (χ3n) is 5.69. The van der Waals surface area contributed by atoms with Gasteiger partial charge < -0.3 is 19.9 Å². The van der Waals surface area contributed by atoms with Crippen LogP contribution in [0.4, 0.5) is 5.69 Å². The Morgan fingerprint density at radius 3 is 2.18 bits per heavy atom. The number of hydrogen-bond acceptors (Lipinski definition) is 6. The first-order valence-corrected chi connectivity index (χ1v) is 12.1. The largest absolute Gasteiger partial charge is 0.466 e. The zero-order valence-electron chi connectivity index (χ0n) is 19.6. The SMILES string of the molecule is CCCCCCCCCCCCOC(=O)CC(C(=O)Nc1ccccc1)C1=CC(=O)OC1O. The third kappa shape index (κ3) is 10.2. The number of anilines is 1. The smallest absolute Gasteiger partial charge is 0.333 e. The van der Waals surface area contributed by atoms with Crippen molar-refractivity contribution in [3.8, 4) is 0 Å². The molecule has 1 amide bonds. The first-order chi connectivity index (χ1) is 16.0. The lowest BCUT2D eigenvalue weighted by Crippen LogP contribution is -2.31. The lowest BCUT2D eigenvalue weighted by molar-refractivity contribution is -0.152. The first kappa shape index (κ1) is 26.6. The summed E-state index contributed by atoms with van der Waals surface area (Å²) in [5.74, 6) is -2.87. The lowest BCUT2D eigenvalue weighted by atomic mass is 9.94. The molecule has 2 unspecified atom stereocenters. The Bertz CT molecular complexity index is 776. The number of nitrogens with one attached hydrogen (secondary N) is 1. The molecule has 0 saturated carbocycles. The van der Waals surface area contributed by atoms with E-state index in [2.05, 4.69) is 12.2 Å². The molecular weight excluding hydrogens is 422 g/mol. The third-order valence-corrected chi connectivity index (χ3v) is 5.69. The minimum atomic E-state index is -1.54. The van der Waals surface area contributed by atoms with Crippen LogP contribution in [0.25, 0.3) is 0 Å². The van der Waals surface area contributed by atoms with Gasteiger partial charge in [-0.15, -0.1) is 0 Å². The van der Waals surface area contributed by atoms with Crippen LogP contribution in [0.2, 0.25) is 0 Å². The standard InChI is InChI=1S/C26H37NO6/c1-2-3-4-5-6-7-8-9-10-14-17-32-23(28)18-21(22-19-24(29)33-26(22)31)25(30)27-20-15-12-11-13-16-20/h11-13,15-16,19,21,26,31H,2-10,14,17-18H2,1H3,(H,27,30). The summed E-state index contributed by atoms with van der Waals surface area (Å²) >= 11 is 0. The summed E-state index contributed by atoms with van der Waals surface area (Å²) < 4.78 is 10.0. The van der Waals surface area contributed by atoms with Crippen LogP contribution in [0.5, 0.6) is 0 Å². The van der Waals surface area contributed by atoms with Gasteiger partial charge >= 0.3 is 11.9 Å². The molecule has 7 heteroatoms. The van der Waals surface area contributed by atoms with Crippen molar-refractivity contribution in [1.29, 1.82) is 0 Å². The predicted molar refractivity (Wildman–Crippen MR) is 126 cm³/mol. The molecule has 2 rings (SSSR count). The number of esters is 2. The Morgan fingerprint density at radius 1 is 1.00 bits per heavy atom. The van der Waals surface area contributed by atoms with Crippen molar-refractivity contribution < 1.29 is 29.0 Å². The second-order valence-corrected chi connectivity index (χ2v) is 8.45. The van der Waals surface area contributed by atoms with Gasteiger partial charge in [0.25, 0.3) is 0 Å². The number of amides is 1. The van der Waals surface area contributed by atoms with Crippen molar-refractivity contribution in [2.24, 2.45) is 5.92 Å². The average Bonchev–Trinajstić information content (AvgIpc) is 3.13. The van der Waals surface area contributed by atoms with Gasteiger partial charge in [-0.05, 0) is 18.6 Å². The van der Waals surface area contributed by atoms with Gasteiger partial charge in [-0.2, -0.15) is 0 Å². The van der Waals surface area contributed by atoms with E-state index in [9.17, 15) is 19.5 Å². The van der Waals surface area contributed by atoms with Crippen molar-refractivity contribution in [3.05, 3.63) is 42.0 Å². The zero-order chi connectivity index (χ0) is 23.9. The molecule has 0 bridgehead atoms. The number of aliphatic hydroxyl groups is 1. The van der Waals surface area contributed by atoms with Crippen LogP contribution in [0.15, 0.2) is 42.0 Å². The van der Waals surface area contributed by atoms with Crippen molar-refractivity contribution in [2.45, 2.75) is 83.8 Å². The molecule has 2 atom stereocenters. The zero-order valence-corrected chi connectivity index (χ0v) is 19.6. The van der Waals surface area contributed by atoms with E-state index >= 15 is 0 Å². The highest BCUT2D eigenvalue weighted by atomic mass is 16.6. The van der Waals surface area contributed by atoms with Gasteiger partial charge in [-0.1, -0.05) is 82.9 Å². The summed E-state index contributed by atoms with van der Waals surface area (Å²) in [4.78, 5) is 36.7. The van der Waals surface area contributed by atoms with Crippen LogP contribution in [0.3, 0.4) is 0 Å². The van der Waals surface area contributed by atoms with Crippen LogP contribution >= 0.6 is 0 Å². The molecule has 2 N–H and O–H groups in total. The van der Waals surface area contributed by atoms with E-state index in [1.54, 1.807) is 24.3 Å². The summed E-state index contributed by atoms with van der Waals surface area (Å²) in [6.45, 7) is 2.51. The highest BCUT2D eigenvalue weighted by molar-refractivity contribution is 5.98. The number of rotatable bonds is 16. The average molecular weight is 460 g/mol. The second-order valence-electron chi connectivity index (χ2n) is 8.45. The van der Waals surface area contributed by atoms with Crippen LogP contribution < -0.4 is 5.32 Å². The van der Waals surface area contributed by atoms with Gasteiger partial charge in [0.2, 0.25) is 12.2 Å². The molecule has 1 aliphatic heterocycles. The number of benzene rings is 1. The number of hydrogen-bond donors (Lipinski definition) is 2. The minimum Gasteiger partial charge on any atom is -0.466 e. The van der Waals surface area contributed by atoms with Gasteiger partial charge in [0, 0.05) is 17.3 Å². The molecule has 1 heterocycles. The van der Waals surface area contributed by atoms with E-state index < -0.39 is 30.1 Å². The number of ether oxygens (including phenoxy) is 2. The molecule has 0 spiro atoms. The molecule has 0 fully saturated rings. The van der Waals surface area contributed by atoms with E-state index in [0.29, 0.717) is 12.3 Å². The van der Waals surface area contributed by atoms with Gasteiger partial charge in [0.05, 0.1) is 18.9 Å². The van der Waals surface area contributed by atoms with Crippen LogP contribution in [0, 0.1) is 5.92 Å². The van der Waals surface area contributed by atoms with Gasteiger partial charge in [0.15, 0.2) is 0 Å². The molecule has 1 aromatic carbocycles. The number of para-hydroxylation sites is 1. The molecule has 0 aromatic heterocycles. The molecular formula is C26H37NO6. The molecule has 1 aromatic rings. The van der Waals surface area contributed by atoms with Gasteiger partial charge in [-0.3, -0.25) is 9.59 Å². The van der Waals surface area contributed by atoms with E-state index in [4.69, 9.17) is 9.47 Å². The summed E-state index contributed by atoms with van der Waals surface area (Å²) in [6, 6.07) is 8.76. The van der Waals surface area contributed by atoms with Gasteiger partial charge in [0.1, 0.15) is 0 Å². The number of aliphatic hydroxyl groups excluding tert-OH is 1. The summed E-state index contributed by atoms with van der Waals surface area (Å²) in [5, 5.41) is 12.7. The predicted octanol–water partition coefficient (Wildman–Crippen LogP) is 4.90. The Morgan fingerprint density at radius 2 is 1.61 bits per heavy atom. The number of carbonyl (C=O) groups excluding carboxylic acids is 3. The van der Waals surface area contributed by atoms with Crippen molar-refractivity contribution in [1.82, 2.24) is 0 Å².